The number of hydrogen-bond donors (Lipinski definition) is 3. The van der Waals surface area contributed by atoms with Gasteiger partial charge in [-0.25, -0.2) is 4.79 Å². The molecule has 39 heavy (non-hydrogen) atoms. The number of nitrogens with zero attached hydrogens (tertiary/aromatic N) is 2. The lowest BCUT2D eigenvalue weighted by molar-refractivity contribution is -0.135. The fraction of sp³-hybridized carbons (Fsp3) is 0.429. The van der Waals surface area contributed by atoms with Gasteiger partial charge in [-0.3, -0.25) is 28.8 Å². The second-order valence-electron chi connectivity index (χ2n) is 10.0. The molecule has 11 heteroatoms. The number of aryl methyl sites for hydroxylation is 3. The minimum atomic E-state index is -0.694. The summed E-state index contributed by atoms with van der Waals surface area (Å²) >= 11 is 6.58. The van der Waals surface area contributed by atoms with Crippen LogP contribution in [0.4, 0.5) is 0 Å². The summed E-state index contributed by atoms with van der Waals surface area (Å²) in [6.07, 6.45) is 4.58. The van der Waals surface area contributed by atoms with Crippen molar-refractivity contribution >= 4 is 40.4 Å². The Morgan fingerprint density at radius 2 is 1.92 bits per heavy atom. The van der Waals surface area contributed by atoms with E-state index >= 15 is 0 Å². The van der Waals surface area contributed by atoms with Crippen LogP contribution in [0.2, 0.25) is 5.02 Å². The molecule has 5 N–H and O–H groups in total. The van der Waals surface area contributed by atoms with Gasteiger partial charge in [-0.1, -0.05) is 29.8 Å². The standard InChI is InChI=1S/C28H34ClN5O5/c1-33-22-15-17(9-11-20(22)34(28(33)38)21-12-14-25(36)32-27(21)37)5-2-3-6-18-7-4-8-23(26(18)29)39-16-19(30)10-13-24(31)35/h4,7-9,11,15,19,21H,2-3,5-6,10,12-14,16,30H2,1H3,(H2,31,35)(H,32,36,37)/t19-,21?/m0/s1. The van der Waals surface area contributed by atoms with Gasteiger partial charge in [-0.2, -0.15) is 0 Å². The first-order chi connectivity index (χ1) is 18.7. The highest BCUT2D eigenvalue weighted by molar-refractivity contribution is 6.32. The van der Waals surface area contributed by atoms with Crippen LogP contribution in [0.3, 0.4) is 0 Å². The largest absolute Gasteiger partial charge is 0.490 e. The molecule has 208 valence electrons. The highest BCUT2D eigenvalue weighted by atomic mass is 35.5. The quantitative estimate of drug-likeness (QED) is 0.231. The van der Waals surface area contributed by atoms with Gasteiger partial charge in [0.25, 0.3) is 0 Å². The average Bonchev–Trinajstić information content (AvgIpc) is 3.14. The number of piperidine rings is 1. The molecule has 0 bridgehead atoms. The monoisotopic (exact) mass is 555 g/mol. The number of aromatic nitrogens is 2. The van der Waals surface area contributed by atoms with Crippen molar-refractivity contribution in [2.45, 2.75) is 63.5 Å². The lowest BCUT2D eigenvalue weighted by atomic mass is 10.0. The molecule has 0 spiro atoms. The van der Waals surface area contributed by atoms with Crippen molar-refractivity contribution in [3.63, 3.8) is 0 Å². The maximum absolute atomic E-state index is 13.0. The molecule has 3 amide bonds. The van der Waals surface area contributed by atoms with Crippen LogP contribution < -0.4 is 27.2 Å². The summed E-state index contributed by atoms with van der Waals surface area (Å²) in [5.41, 5.74) is 14.4. The third kappa shape index (κ3) is 6.69. The Kier molecular flexibility index (Phi) is 9.08. The number of unbranched alkanes of at least 4 members (excludes halogenated alkanes) is 1. The van der Waals surface area contributed by atoms with Crippen LogP contribution in [0.5, 0.6) is 5.75 Å². The van der Waals surface area contributed by atoms with Gasteiger partial charge in [-0.15, -0.1) is 0 Å². The number of hydrogen-bond acceptors (Lipinski definition) is 6. The minimum Gasteiger partial charge on any atom is -0.490 e. The zero-order valence-electron chi connectivity index (χ0n) is 22.0. The maximum Gasteiger partial charge on any atom is 0.329 e. The fourth-order valence-electron chi connectivity index (χ4n) is 4.91. The minimum absolute atomic E-state index is 0.209. The molecular formula is C28H34ClN5O5. The molecule has 1 unspecified atom stereocenters. The number of primary amides is 1. The number of halogens is 1. The molecule has 2 aromatic carbocycles. The molecule has 1 aliphatic heterocycles. The van der Waals surface area contributed by atoms with Gasteiger partial charge >= 0.3 is 5.69 Å². The van der Waals surface area contributed by atoms with Crippen molar-refractivity contribution in [2.75, 3.05) is 6.61 Å². The van der Waals surface area contributed by atoms with E-state index in [1.54, 1.807) is 17.7 Å². The lowest BCUT2D eigenvalue weighted by Gasteiger charge is -2.21. The third-order valence-electron chi connectivity index (χ3n) is 7.09. The van der Waals surface area contributed by atoms with Crippen LogP contribution >= 0.6 is 11.6 Å². The van der Waals surface area contributed by atoms with Crippen molar-refractivity contribution in [1.29, 1.82) is 0 Å². The number of benzene rings is 2. The van der Waals surface area contributed by atoms with Crippen LogP contribution in [-0.4, -0.2) is 39.5 Å². The van der Waals surface area contributed by atoms with Crippen LogP contribution in [0.15, 0.2) is 41.2 Å². The normalized spacial score (nSPS) is 16.3. The molecule has 2 atom stereocenters. The van der Waals surface area contributed by atoms with Gasteiger partial charge in [0.05, 0.1) is 16.1 Å². The summed E-state index contributed by atoms with van der Waals surface area (Å²) in [4.78, 5) is 47.8. The number of nitrogens with one attached hydrogen (secondary N) is 1. The van der Waals surface area contributed by atoms with Crippen LogP contribution in [0.1, 0.15) is 55.7 Å². The van der Waals surface area contributed by atoms with Crippen molar-refractivity contribution in [3.05, 3.63) is 63.0 Å². The number of rotatable bonds is 12. The van der Waals surface area contributed by atoms with Crippen LogP contribution in [-0.2, 0) is 34.3 Å². The van der Waals surface area contributed by atoms with E-state index in [-0.39, 0.29) is 43.0 Å². The average molecular weight is 556 g/mol. The summed E-state index contributed by atoms with van der Waals surface area (Å²) < 4.78 is 8.82. The zero-order valence-corrected chi connectivity index (χ0v) is 22.7. The second kappa shape index (κ2) is 12.5. The molecule has 1 fully saturated rings. The molecule has 1 aliphatic rings. The number of imidazole rings is 1. The van der Waals surface area contributed by atoms with Gasteiger partial charge in [-0.05, 0) is 67.9 Å². The van der Waals surface area contributed by atoms with E-state index in [0.29, 0.717) is 29.1 Å². The number of nitrogens with two attached hydrogens (primary N) is 2. The summed E-state index contributed by atoms with van der Waals surface area (Å²) in [5, 5.41) is 2.89. The first kappa shape index (κ1) is 28.4. The van der Waals surface area contributed by atoms with Crippen molar-refractivity contribution in [2.24, 2.45) is 18.5 Å². The first-order valence-electron chi connectivity index (χ1n) is 13.1. The molecular weight excluding hydrogens is 522 g/mol. The van der Waals surface area contributed by atoms with E-state index in [4.69, 9.17) is 27.8 Å². The molecule has 10 nitrogen and oxygen atoms in total. The van der Waals surface area contributed by atoms with Gasteiger partial charge in [0.1, 0.15) is 18.4 Å². The Bertz CT molecular complexity index is 1450. The molecule has 2 heterocycles. The number of carbonyl (C=O) groups excluding carboxylic acids is 3. The van der Waals surface area contributed by atoms with Gasteiger partial charge < -0.3 is 16.2 Å². The molecule has 0 saturated carbocycles. The Hall–Kier alpha value is -3.63. The SMILES string of the molecule is Cn1c(=O)n(C2CCC(=O)NC2=O)c2ccc(CCCCc3cccc(OC[C@@H](N)CCC(N)=O)c3Cl)cc21. The summed E-state index contributed by atoms with van der Waals surface area (Å²) in [5.74, 6) is -0.576. The van der Waals surface area contributed by atoms with Crippen molar-refractivity contribution in [1.82, 2.24) is 14.5 Å². The maximum atomic E-state index is 13.0. The van der Waals surface area contributed by atoms with Crippen LogP contribution in [0, 0.1) is 0 Å². The van der Waals surface area contributed by atoms with E-state index < -0.39 is 11.9 Å². The molecule has 0 radical (unpaired) electrons. The van der Waals surface area contributed by atoms with Gasteiger partial charge in [0, 0.05) is 25.9 Å². The van der Waals surface area contributed by atoms with Crippen LogP contribution in [0.25, 0.3) is 11.0 Å². The smallest absolute Gasteiger partial charge is 0.329 e. The Balaban J connectivity index is 1.35. The van der Waals surface area contributed by atoms with E-state index in [2.05, 4.69) is 5.32 Å². The fourth-order valence-corrected chi connectivity index (χ4v) is 5.18. The number of fused-ring (bicyclic) bond motifs is 1. The van der Waals surface area contributed by atoms with E-state index in [1.165, 1.54) is 4.57 Å². The first-order valence-corrected chi connectivity index (χ1v) is 13.5. The van der Waals surface area contributed by atoms with Crippen molar-refractivity contribution in [3.8, 4) is 5.75 Å². The summed E-state index contributed by atoms with van der Waals surface area (Å²) in [6, 6.07) is 10.5. The van der Waals surface area contributed by atoms with Gasteiger partial charge in [0.15, 0.2) is 0 Å². The zero-order chi connectivity index (χ0) is 28.1. The molecule has 4 rings (SSSR count). The molecule has 0 aliphatic carbocycles. The predicted octanol–water partition coefficient (Wildman–Crippen LogP) is 2.51. The Labute approximate surface area is 231 Å². The van der Waals surface area contributed by atoms with E-state index in [9.17, 15) is 19.2 Å². The van der Waals surface area contributed by atoms with E-state index in [0.717, 1.165) is 42.3 Å². The Morgan fingerprint density at radius 1 is 1.15 bits per heavy atom. The topological polar surface area (TPSA) is 151 Å². The molecule has 1 aromatic heterocycles. The summed E-state index contributed by atoms with van der Waals surface area (Å²) in [7, 11) is 1.69. The third-order valence-corrected chi connectivity index (χ3v) is 7.52. The van der Waals surface area contributed by atoms with E-state index in [1.807, 2.05) is 30.3 Å². The highest BCUT2D eigenvalue weighted by Crippen LogP contribution is 2.30. The number of amides is 3. The number of ether oxygens (including phenoxy) is 1. The second-order valence-corrected chi connectivity index (χ2v) is 10.4. The van der Waals surface area contributed by atoms with Crippen molar-refractivity contribution < 1.29 is 19.1 Å². The summed E-state index contributed by atoms with van der Waals surface area (Å²) in [6.45, 7) is 0.243. The lowest BCUT2D eigenvalue weighted by Crippen LogP contribution is -2.44. The number of carbonyl (C=O) groups is 3. The highest BCUT2D eigenvalue weighted by Gasteiger charge is 2.31. The van der Waals surface area contributed by atoms with Gasteiger partial charge in [0.2, 0.25) is 17.7 Å². The predicted molar refractivity (Wildman–Crippen MR) is 149 cm³/mol. The molecule has 1 saturated heterocycles. The number of imide groups is 1. The molecule has 3 aromatic rings. The Morgan fingerprint density at radius 3 is 2.67 bits per heavy atom.